The molecule has 0 saturated heterocycles. The second-order valence-corrected chi connectivity index (χ2v) is 7.56. The molecule has 0 aliphatic rings. The van der Waals surface area contributed by atoms with Gasteiger partial charge in [0.1, 0.15) is 17.0 Å². The number of hydrogen-bond acceptors (Lipinski definition) is 5. The number of phenolic OH excluding ortho intramolecular Hbond substituents is 1. The third kappa shape index (κ3) is 3.66. The number of hydrogen-bond donors (Lipinski definition) is 2. The maximum Gasteiger partial charge on any atom is 0.147 e. The molecule has 0 aliphatic carbocycles. The van der Waals surface area contributed by atoms with Crippen LogP contribution in [0.5, 0.6) is 11.5 Å². The SMILES string of the molecule is CCOc1ccc(NC(c2cccs2)c2ccc3ccc(C)nc3c2O)cc1. The van der Waals surface area contributed by atoms with E-state index < -0.39 is 0 Å². The molecular weight excluding hydrogens is 368 g/mol. The highest BCUT2D eigenvalue weighted by atomic mass is 32.1. The van der Waals surface area contributed by atoms with Crippen molar-refractivity contribution in [3.05, 3.63) is 82.2 Å². The molecule has 2 aromatic carbocycles. The molecule has 1 atom stereocenters. The summed E-state index contributed by atoms with van der Waals surface area (Å²) in [4.78, 5) is 5.67. The van der Waals surface area contributed by atoms with Crippen LogP contribution in [0.15, 0.2) is 66.0 Å². The monoisotopic (exact) mass is 390 g/mol. The smallest absolute Gasteiger partial charge is 0.147 e. The van der Waals surface area contributed by atoms with Crippen LogP contribution in [0.4, 0.5) is 5.69 Å². The average Bonchev–Trinajstić information content (AvgIpc) is 3.23. The maximum absolute atomic E-state index is 11.0. The molecule has 4 nitrogen and oxygen atoms in total. The van der Waals surface area contributed by atoms with Crippen LogP contribution in [-0.4, -0.2) is 16.7 Å². The fourth-order valence-electron chi connectivity index (χ4n) is 3.26. The first-order valence-corrected chi connectivity index (χ1v) is 10.2. The molecule has 1 unspecified atom stereocenters. The van der Waals surface area contributed by atoms with Crippen molar-refractivity contribution in [2.24, 2.45) is 0 Å². The minimum absolute atomic E-state index is 0.176. The summed E-state index contributed by atoms with van der Waals surface area (Å²) >= 11 is 1.65. The van der Waals surface area contributed by atoms with E-state index >= 15 is 0 Å². The van der Waals surface area contributed by atoms with Crippen molar-refractivity contribution in [1.29, 1.82) is 0 Å². The Morgan fingerprint density at radius 1 is 1.07 bits per heavy atom. The summed E-state index contributed by atoms with van der Waals surface area (Å²) in [6.45, 7) is 4.54. The largest absolute Gasteiger partial charge is 0.505 e. The number of nitrogens with one attached hydrogen (secondary N) is 1. The molecule has 0 fully saturated rings. The number of anilines is 1. The molecule has 4 rings (SSSR count). The quantitative estimate of drug-likeness (QED) is 0.430. The number of nitrogens with zero attached hydrogens (tertiary/aromatic N) is 1. The van der Waals surface area contributed by atoms with E-state index in [1.165, 1.54) is 0 Å². The van der Waals surface area contributed by atoms with E-state index in [-0.39, 0.29) is 11.8 Å². The number of thiophene rings is 1. The maximum atomic E-state index is 11.0. The van der Waals surface area contributed by atoms with Gasteiger partial charge in [0.25, 0.3) is 0 Å². The van der Waals surface area contributed by atoms with Crippen molar-refractivity contribution in [2.75, 3.05) is 11.9 Å². The first-order valence-electron chi connectivity index (χ1n) is 9.27. The molecule has 0 spiro atoms. The second-order valence-electron chi connectivity index (χ2n) is 6.58. The van der Waals surface area contributed by atoms with Crippen LogP contribution >= 0.6 is 11.3 Å². The van der Waals surface area contributed by atoms with E-state index in [1.807, 2.05) is 73.8 Å². The molecule has 0 radical (unpaired) electrons. The summed E-state index contributed by atoms with van der Waals surface area (Å²) in [6, 6.07) is 19.7. The first-order chi connectivity index (χ1) is 13.7. The van der Waals surface area contributed by atoms with Crippen LogP contribution in [-0.2, 0) is 0 Å². The number of aromatic nitrogens is 1. The zero-order valence-electron chi connectivity index (χ0n) is 15.8. The highest BCUT2D eigenvalue weighted by Gasteiger charge is 2.21. The van der Waals surface area contributed by atoms with Crippen molar-refractivity contribution in [3.8, 4) is 11.5 Å². The Kier molecular flexibility index (Phi) is 5.17. The second kappa shape index (κ2) is 7.90. The van der Waals surface area contributed by atoms with Gasteiger partial charge < -0.3 is 15.2 Å². The summed E-state index contributed by atoms with van der Waals surface area (Å²) in [7, 11) is 0. The number of benzene rings is 2. The fourth-order valence-corrected chi connectivity index (χ4v) is 4.05. The highest BCUT2D eigenvalue weighted by Crippen LogP contribution is 2.38. The molecule has 0 bridgehead atoms. The van der Waals surface area contributed by atoms with Crippen LogP contribution in [0.25, 0.3) is 10.9 Å². The highest BCUT2D eigenvalue weighted by molar-refractivity contribution is 7.10. The predicted molar refractivity (Wildman–Crippen MR) is 116 cm³/mol. The molecule has 2 heterocycles. The van der Waals surface area contributed by atoms with Gasteiger partial charge in [-0.05, 0) is 55.6 Å². The Balaban J connectivity index is 1.75. The Labute approximate surface area is 168 Å². The number of pyridine rings is 1. The Bertz CT molecular complexity index is 1080. The standard InChI is InChI=1S/C23H22N2O2S/c1-3-27-18-11-9-17(10-12-18)25-22(20-5-4-14-28-20)19-13-8-16-7-6-15(2)24-21(16)23(19)26/h4-14,22,25-26H,3H2,1-2H3. The number of fused-ring (bicyclic) bond motifs is 1. The number of aryl methyl sites for hydroxylation is 1. The lowest BCUT2D eigenvalue weighted by atomic mass is 10.0. The Morgan fingerprint density at radius 3 is 2.57 bits per heavy atom. The third-order valence-corrected chi connectivity index (χ3v) is 5.56. The summed E-state index contributed by atoms with van der Waals surface area (Å²) in [5.74, 6) is 1.06. The molecule has 0 aliphatic heterocycles. The van der Waals surface area contributed by atoms with Gasteiger partial charge >= 0.3 is 0 Å². The lowest BCUT2D eigenvalue weighted by molar-refractivity contribution is 0.340. The molecule has 2 N–H and O–H groups in total. The predicted octanol–water partition coefficient (Wildman–Crippen LogP) is 5.91. The number of phenols is 1. The van der Waals surface area contributed by atoms with Gasteiger partial charge in [-0.15, -0.1) is 11.3 Å². The molecular formula is C23H22N2O2S. The number of ether oxygens (including phenoxy) is 1. The van der Waals surface area contributed by atoms with E-state index in [0.29, 0.717) is 12.1 Å². The number of rotatable bonds is 6. The normalized spacial score (nSPS) is 12.1. The lowest BCUT2D eigenvalue weighted by Gasteiger charge is -2.21. The van der Waals surface area contributed by atoms with E-state index in [0.717, 1.165) is 33.0 Å². The molecule has 142 valence electrons. The van der Waals surface area contributed by atoms with Crippen LogP contribution in [0, 0.1) is 6.92 Å². The van der Waals surface area contributed by atoms with E-state index in [2.05, 4.69) is 16.4 Å². The first kappa shape index (κ1) is 18.3. The van der Waals surface area contributed by atoms with E-state index in [1.54, 1.807) is 11.3 Å². The van der Waals surface area contributed by atoms with Gasteiger partial charge in [-0.25, -0.2) is 4.98 Å². The Hall–Kier alpha value is -3.05. The third-order valence-electron chi connectivity index (χ3n) is 4.62. The summed E-state index contributed by atoms with van der Waals surface area (Å²) in [6.07, 6.45) is 0. The van der Waals surface area contributed by atoms with Gasteiger partial charge in [0.15, 0.2) is 0 Å². The van der Waals surface area contributed by atoms with Gasteiger partial charge in [0.2, 0.25) is 0 Å². The van der Waals surface area contributed by atoms with Crippen molar-refractivity contribution in [3.63, 3.8) is 0 Å². The van der Waals surface area contributed by atoms with Gasteiger partial charge in [-0.3, -0.25) is 0 Å². The summed E-state index contributed by atoms with van der Waals surface area (Å²) in [5, 5.41) is 17.5. The molecule has 0 amide bonds. The van der Waals surface area contributed by atoms with E-state index in [4.69, 9.17) is 4.74 Å². The van der Waals surface area contributed by atoms with Crippen molar-refractivity contribution < 1.29 is 9.84 Å². The van der Waals surface area contributed by atoms with Gasteiger partial charge in [0, 0.05) is 27.2 Å². The lowest BCUT2D eigenvalue weighted by Crippen LogP contribution is -2.11. The molecule has 28 heavy (non-hydrogen) atoms. The van der Waals surface area contributed by atoms with Gasteiger partial charge in [0.05, 0.1) is 12.6 Å². The molecule has 5 heteroatoms. The number of aromatic hydroxyl groups is 1. The van der Waals surface area contributed by atoms with Crippen molar-refractivity contribution >= 4 is 27.9 Å². The average molecular weight is 391 g/mol. The topological polar surface area (TPSA) is 54.4 Å². The zero-order chi connectivity index (χ0) is 19.5. The van der Waals surface area contributed by atoms with Gasteiger partial charge in [-0.1, -0.05) is 24.3 Å². The Morgan fingerprint density at radius 2 is 1.86 bits per heavy atom. The fraction of sp³-hybridized carbons (Fsp3) is 0.174. The van der Waals surface area contributed by atoms with Crippen LogP contribution in [0.2, 0.25) is 0 Å². The van der Waals surface area contributed by atoms with E-state index in [9.17, 15) is 5.11 Å². The van der Waals surface area contributed by atoms with Crippen LogP contribution in [0.1, 0.15) is 29.1 Å². The van der Waals surface area contributed by atoms with Crippen molar-refractivity contribution in [1.82, 2.24) is 4.98 Å². The van der Waals surface area contributed by atoms with Crippen LogP contribution in [0.3, 0.4) is 0 Å². The molecule has 2 aromatic heterocycles. The zero-order valence-corrected chi connectivity index (χ0v) is 16.7. The molecule has 4 aromatic rings. The van der Waals surface area contributed by atoms with Crippen LogP contribution < -0.4 is 10.1 Å². The van der Waals surface area contributed by atoms with Crippen molar-refractivity contribution in [2.45, 2.75) is 19.9 Å². The minimum Gasteiger partial charge on any atom is -0.505 e. The van der Waals surface area contributed by atoms with Gasteiger partial charge in [-0.2, -0.15) is 0 Å². The minimum atomic E-state index is -0.176. The molecule has 0 saturated carbocycles. The summed E-state index contributed by atoms with van der Waals surface area (Å²) in [5.41, 5.74) is 3.28. The summed E-state index contributed by atoms with van der Waals surface area (Å²) < 4.78 is 5.53.